The fourth-order valence-electron chi connectivity index (χ4n) is 4.79. The second-order valence-corrected chi connectivity index (χ2v) is 12.1. The highest BCUT2D eigenvalue weighted by Gasteiger charge is 2.41. The molecular formula is C30H31F3N4O7S. The summed E-state index contributed by atoms with van der Waals surface area (Å²) >= 11 is 0. The van der Waals surface area contributed by atoms with E-state index in [4.69, 9.17) is 0 Å². The average Bonchev–Trinajstić information content (AvgIpc) is 3.00. The number of sulfonamides is 1. The van der Waals surface area contributed by atoms with Gasteiger partial charge in [0.25, 0.3) is 0 Å². The minimum atomic E-state index is -4.97. The number of carboxylic acids is 1. The number of nitrogens with one attached hydrogen (secondary N) is 2. The molecule has 3 amide bonds. The zero-order chi connectivity index (χ0) is 32.8. The summed E-state index contributed by atoms with van der Waals surface area (Å²) < 4.78 is 69.8. The molecule has 4 rings (SSSR count). The molecule has 240 valence electrons. The van der Waals surface area contributed by atoms with Crippen molar-refractivity contribution in [3.05, 3.63) is 89.5 Å². The molecule has 3 N–H and O–H groups in total. The summed E-state index contributed by atoms with van der Waals surface area (Å²) in [4.78, 5) is 39.1. The van der Waals surface area contributed by atoms with Gasteiger partial charge in [-0.2, -0.15) is 4.31 Å². The molecule has 0 radical (unpaired) electrons. The minimum Gasteiger partial charge on any atom is -0.478 e. The number of hydrogen-bond acceptors (Lipinski definition) is 6. The van der Waals surface area contributed by atoms with Gasteiger partial charge in [0.1, 0.15) is 11.8 Å². The first-order chi connectivity index (χ1) is 21.3. The number of aromatic carboxylic acids is 1. The van der Waals surface area contributed by atoms with Crippen LogP contribution in [0.2, 0.25) is 0 Å². The number of ether oxygens (including phenoxy) is 1. The Morgan fingerprint density at radius 2 is 1.60 bits per heavy atom. The van der Waals surface area contributed by atoms with Crippen molar-refractivity contribution in [2.45, 2.75) is 43.6 Å². The van der Waals surface area contributed by atoms with Crippen LogP contribution in [0.4, 0.5) is 23.7 Å². The van der Waals surface area contributed by atoms with Crippen LogP contribution in [0.1, 0.15) is 34.8 Å². The number of urea groups is 1. The van der Waals surface area contributed by atoms with Crippen molar-refractivity contribution in [2.24, 2.45) is 0 Å². The molecule has 1 aliphatic heterocycles. The lowest BCUT2D eigenvalue weighted by molar-refractivity contribution is -0.274. The number of carboxylic acid groups (broad SMARTS) is 1. The molecule has 1 heterocycles. The Hall–Kier alpha value is -4.63. The van der Waals surface area contributed by atoms with Gasteiger partial charge < -0.3 is 25.4 Å². The number of nitrogens with zero attached hydrogens (tertiary/aromatic N) is 2. The molecule has 3 aromatic rings. The van der Waals surface area contributed by atoms with Crippen LogP contribution in [0.5, 0.6) is 5.75 Å². The summed E-state index contributed by atoms with van der Waals surface area (Å²) in [5.41, 5.74) is 1.73. The number of halogens is 3. The van der Waals surface area contributed by atoms with Gasteiger partial charge in [-0.1, -0.05) is 49.7 Å². The van der Waals surface area contributed by atoms with Gasteiger partial charge in [0.2, 0.25) is 15.9 Å². The number of carbonyl (C=O) groups is 3. The average molecular weight is 649 g/mol. The third-order valence-electron chi connectivity index (χ3n) is 7.01. The third kappa shape index (κ3) is 8.51. The molecular weight excluding hydrogens is 617 g/mol. The number of piperazine rings is 1. The Bertz CT molecular complexity index is 1630. The second kappa shape index (κ2) is 14.0. The van der Waals surface area contributed by atoms with Crippen LogP contribution in [-0.2, 0) is 27.8 Å². The van der Waals surface area contributed by atoms with Crippen LogP contribution in [0.15, 0.2) is 77.7 Å². The van der Waals surface area contributed by atoms with Crippen molar-refractivity contribution in [3.63, 3.8) is 0 Å². The van der Waals surface area contributed by atoms with Crippen LogP contribution < -0.4 is 15.4 Å². The van der Waals surface area contributed by atoms with E-state index in [1.807, 2.05) is 24.3 Å². The Balaban J connectivity index is 1.57. The van der Waals surface area contributed by atoms with E-state index in [0.717, 1.165) is 52.5 Å². The molecule has 3 aromatic carbocycles. The number of para-hydroxylation sites is 1. The maximum Gasteiger partial charge on any atom is 0.573 e. The van der Waals surface area contributed by atoms with Gasteiger partial charge in [0.05, 0.1) is 16.1 Å². The molecule has 1 fully saturated rings. The zero-order valence-corrected chi connectivity index (χ0v) is 24.9. The molecule has 11 nitrogen and oxygen atoms in total. The van der Waals surface area contributed by atoms with Crippen LogP contribution in [0.3, 0.4) is 0 Å². The Kier molecular flexibility index (Phi) is 10.3. The van der Waals surface area contributed by atoms with Crippen LogP contribution in [0, 0.1) is 0 Å². The fourth-order valence-corrected chi connectivity index (χ4v) is 6.36. The molecule has 0 unspecified atom stereocenters. The summed E-state index contributed by atoms with van der Waals surface area (Å²) in [6.07, 6.45) is -3.12. The Morgan fingerprint density at radius 1 is 0.956 bits per heavy atom. The maximum absolute atomic E-state index is 13.7. The summed E-state index contributed by atoms with van der Waals surface area (Å²) in [6, 6.07) is 14.6. The fraction of sp³-hybridized carbons (Fsp3) is 0.300. The molecule has 1 aliphatic rings. The van der Waals surface area contributed by atoms with Crippen molar-refractivity contribution < 1.29 is 45.8 Å². The van der Waals surface area contributed by atoms with Crippen molar-refractivity contribution in [1.82, 2.24) is 14.5 Å². The van der Waals surface area contributed by atoms with E-state index in [-0.39, 0.29) is 35.8 Å². The van der Waals surface area contributed by atoms with Gasteiger partial charge in [-0.05, 0) is 53.9 Å². The number of benzene rings is 3. The van der Waals surface area contributed by atoms with E-state index in [9.17, 15) is 41.1 Å². The lowest BCUT2D eigenvalue weighted by Gasteiger charge is -2.39. The molecule has 45 heavy (non-hydrogen) atoms. The Labute approximate surface area is 257 Å². The molecule has 0 spiro atoms. The highest BCUT2D eigenvalue weighted by molar-refractivity contribution is 7.89. The monoisotopic (exact) mass is 648 g/mol. The summed E-state index contributed by atoms with van der Waals surface area (Å²) in [7, 11) is -4.44. The summed E-state index contributed by atoms with van der Waals surface area (Å²) in [5, 5.41) is 14.7. The van der Waals surface area contributed by atoms with Crippen molar-refractivity contribution in [3.8, 4) is 5.75 Å². The first kappa shape index (κ1) is 33.3. The predicted octanol–water partition coefficient (Wildman–Crippen LogP) is 4.46. The molecule has 15 heteroatoms. The number of carbonyl (C=O) groups excluding carboxylic acids is 2. The predicted molar refractivity (Wildman–Crippen MR) is 157 cm³/mol. The maximum atomic E-state index is 13.7. The van der Waals surface area contributed by atoms with Crippen LogP contribution in [0.25, 0.3) is 0 Å². The van der Waals surface area contributed by atoms with E-state index >= 15 is 0 Å². The van der Waals surface area contributed by atoms with E-state index in [0.29, 0.717) is 0 Å². The number of hydrogen-bond donors (Lipinski definition) is 3. The van der Waals surface area contributed by atoms with Crippen molar-refractivity contribution in [1.29, 1.82) is 0 Å². The van der Waals surface area contributed by atoms with Crippen molar-refractivity contribution >= 4 is 33.6 Å². The molecule has 1 atom stereocenters. The minimum absolute atomic E-state index is 0.0127. The first-order valence-electron chi connectivity index (χ1n) is 13.9. The standard InChI is InChI=1S/C30H31F3N4O7S/c1-2-5-20-8-10-21(11-9-20)18-34-27(38)26-19-36(29(41)35-25-7-4-3-6-24(25)28(39)40)16-17-37(26)45(42,43)23-14-12-22(13-15-23)44-30(31,32)33/h3-4,6-15,26H,2,5,16-19H2,1H3,(H,34,38)(H,35,41)(H,39,40)/t26-/m1/s1. The molecule has 0 bridgehead atoms. The molecule has 0 saturated carbocycles. The normalized spacial score (nSPS) is 15.7. The second-order valence-electron chi connectivity index (χ2n) is 10.2. The van der Waals surface area contributed by atoms with Gasteiger partial charge in [-0.25, -0.2) is 18.0 Å². The van der Waals surface area contributed by atoms with Crippen LogP contribution >= 0.6 is 0 Å². The van der Waals surface area contributed by atoms with Gasteiger partial charge in [-0.15, -0.1) is 13.2 Å². The largest absolute Gasteiger partial charge is 0.573 e. The first-order valence-corrected chi connectivity index (χ1v) is 15.3. The number of rotatable bonds is 10. The van der Waals surface area contributed by atoms with Gasteiger partial charge in [0, 0.05) is 26.2 Å². The molecule has 1 saturated heterocycles. The number of alkyl halides is 3. The lowest BCUT2D eigenvalue weighted by Crippen LogP contribution is -2.61. The molecule has 0 aliphatic carbocycles. The van der Waals surface area contributed by atoms with E-state index < -0.39 is 52.6 Å². The highest BCUT2D eigenvalue weighted by Crippen LogP contribution is 2.27. The topological polar surface area (TPSA) is 145 Å². The quantitative estimate of drug-likeness (QED) is 0.294. The number of amides is 3. The smallest absolute Gasteiger partial charge is 0.478 e. The summed E-state index contributed by atoms with van der Waals surface area (Å²) in [6.45, 7) is 1.23. The van der Waals surface area contributed by atoms with Gasteiger partial charge in [-0.3, -0.25) is 4.79 Å². The third-order valence-corrected chi connectivity index (χ3v) is 8.93. The highest BCUT2D eigenvalue weighted by atomic mass is 32.2. The van der Waals surface area contributed by atoms with E-state index in [1.165, 1.54) is 29.2 Å². The number of aryl methyl sites for hydroxylation is 1. The number of anilines is 1. The molecule has 0 aromatic heterocycles. The summed E-state index contributed by atoms with van der Waals surface area (Å²) in [5.74, 6) is -2.60. The van der Waals surface area contributed by atoms with Crippen LogP contribution in [-0.4, -0.2) is 72.7 Å². The van der Waals surface area contributed by atoms with E-state index in [1.54, 1.807) is 0 Å². The van der Waals surface area contributed by atoms with Gasteiger partial charge in [0.15, 0.2) is 0 Å². The zero-order valence-electron chi connectivity index (χ0n) is 24.1. The Morgan fingerprint density at radius 3 is 2.22 bits per heavy atom. The van der Waals surface area contributed by atoms with Gasteiger partial charge >= 0.3 is 18.4 Å². The lowest BCUT2D eigenvalue weighted by atomic mass is 10.1. The van der Waals surface area contributed by atoms with E-state index in [2.05, 4.69) is 22.3 Å². The SMILES string of the molecule is CCCc1ccc(CNC(=O)[C@H]2CN(C(=O)Nc3ccccc3C(=O)O)CCN2S(=O)(=O)c2ccc(OC(F)(F)F)cc2)cc1. The van der Waals surface area contributed by atoms with Crippen molar-refractivity contribution in [2.75, 3.05) is 25.0 Å².